The number of hydrogen-bond acceptors (Lipinski definition) is 2. The number of aromatic amines is 1. The summed E-state index contributed by atoms with van der Waals surface area (Å²) < 4.78 is 14.0. The lowest BCUT2D eigenvalue weighted by Crippen LogP contribution is -2.26. The van der Waals surface area contributed by atoms with Gasteiger partial charge in [0.15, 0.2) is 0 Å². The molecule has 0 fully saturated rings. The molecule has 1 unspecified atom stereocenters. The fraction of sp³-hybridized carbons (Fsp3) is 0.158. The predicted molar refractivity (Wildman–Crippen MR) is 91.0 cm³/mol. The van der Waals surface area contributed by atoms with Gasteiger partial charge < -0.3 is 5.32 Å². The van der Waals surface area contributed by atoms with Gasteiger partial charge in [-0.15, -0.1) is 0 Å². The van der Waals surface area contributed by atoms with Crippen LogP contribution in [-0.2, 0) is 0 Å². The predicted octanol–water partition coefficient (Wildman–Crippen LogP) is 4.02. The second-order valence-corrected chi connectivity index (χ2v) is 5.74. The molecular formula is C19H18FN3O. The zero-order chi connectivity index (χ0) is 17.1. The molecule has 3 aromatic rings. The molecule has 2 aromatic carbocycles. The molecule has 1 aromatic heterocycles. The highest BCUT2D eigenvalue weighted by Gasteiger charge is 2.19. The number of amides is 1. The van der Waals surface area contributed by atoms with Gasteiger partial charge in [0.05, 0.1) is 23.5 Å². The third-order valence-corrected chi connectivity index (χ3v) is 3.95. The Morgan fingerprint density at radius 2 is 1.88 bits per heavy atom. The minimum atomic E-state index is -0.401. The van der Waals surface area contributed by atoms with Crippen LogP contribution in [0.1, 0.15) is 34.5 Å². The first-order valence-corrected chi connectivity index (χ1v) is 7.72. The van der Waals surface area contributed by atoms with E-state index in [0.29, 0.717) is 16.8 Å². The number of nitrogens with zero attached hydrogens (tertiary/aromatic N) is 1. The van der Waals surface area contributed by atoms with Gasteiger partial charge in [-0.05, 0) is 31.5 Å². The maximum Gasteiger partial charge on any atom is 0.255 e. The minimum Gasteiger partial charge on any atom is -0.345 e. The second kappa shape index (κ2) is 6.66. The molecule has 24 heavy (non-hydrogen) atoms. The number of nitrogens with one attached hydrogen (secondary N) is 2. The van der Waals surface area contributed by atoms with Crippen LogP contribution in [0.4, 0.5) is 4.39 Å². The van der Waals surface area contributed by atoms with Crippen molar-refractivity contribution >= 4 is 5.91 Å². The molecule has 0 radical (unpaired) electrons. The lowest BCUT2D eigenvalue weighted by molar-refractivity contribution is 0.0940. The minimum absolute atomic E-state index is 0.165. The van der Waals surface area contributed by atoms with Gasteiger partial charge in [0.25, 0.3) is 5.91 Å². The number of H-pyrrole nitrogens is 1. The number of hydrogen-bond donors (Lipinski definition) is 2. The van der Waals surface area contributed by atoms with Crippen LogP contribution in [0.5, 0.6) is 0 Å². The van der Waals surface area contributed by atoms with Gasteiger partial charge >= 0.3 is 0 Å². The van der Waals surface area contributed by atoms with Crippen LogP contribution in [0.3, 0.4) is 0 Å². The van der Waals surface area contributed by atoms with Crippen LogP contribution in [0.15, 0.2) is 54.7 Å². The molecule has 1 amide bonds. The standard InChI is InChI=1S/C19H18FN3O/c1-12-7-9-14(10-8-12)13(2)22-19(24)16-11-21-23-18(16)15-5-3-4-6-17(15)20/h3-11,13H,1-2H3,(H,21,23)(H,22,24). The highest BCUT2D eigenvalue weighted by atomic mass is 19.1. The molecule has 0 saturated heterocycles. The first kappa shape index (κ1) is 15.9. The number of carbonyl (C=O) groups excluding carboxylic acids is 1. The zero-order valence-electron chi connectivity index (χ0n) is 13.5. The molecule has 1 atom stereocenters. The van der Waals surface area contributed by atoms with Crippen LogP contribution < -0.4 is 5.32 Å². The fourth-order valence-corrected chi connectivity index (χ4v) is 2.54. The van der Waals surface area contributed by atoms with Crippen molar-refractivity contribution in [1.82, 2.24) is 15.5 Å². The summed E-state index contributed by atoms with van der Waals surface area (Å²) in [7, 11) is 0. The monoisotopic (exact) mass is 323 g/mol. The van der Waals surface area contributed by atoms with E-state index in [9.17, 15) is 9.18 Å². The van der Waals surface area contributed by atoms with E-state index in [1.54, 1.807) is 18.2 Å². The van der Waals surface area contributed by atoms with Crippen molar-refractivity contribution in [1.29, 1.82) is 0 Å². The number of aromatic nitrogens is 2. The van der Waals surface area contributed by atoms with Crippen LogP contribution >= 0.6 is 0 Å². The molecule has 2 N–H and O–H groups in total. The highest BCUT2D eigenvalue weighted by molar-refractivity contribution is 6.00. The van der Waals surface area contributed by atoms with E-state index >= 15 is 0 Å². The maximum absolute atomic E-state index is 14.0. The summed E-state index contributed by atoms with van der Waals surface area (Å²) in [5, 5.41) is 9.54. The molecule has 0 aliphatic carbocycles. The van der Waals surface area contributed by atoms with Crippen molar-refractivity contribution in [3.8, 4) is 11.3 Å². The number of benzene rings is 2. The number of rotatable bonds is 4. The first-order chi connectivity index (χ1) is 11.6. The summed E-state index contributed by atoms with van der Waals surface area (Å²) in [4.78, 5) is 12.6. The van der Waals surface area contributed by atoms with Crippen molar-refractivity contribution < 1.29 is 9.18 Å². The first-order valence-electron chi connectivity index (χ1n) is 7.72. The average molecular weight is 323 g/mol. The lowest BCUT2D eigenvalue weighted by atomic mass is 10.0. The van der Waals surface area contributed by atoms with E-state index in [-0.39, 0.29) is 11.9 Å². The topological polar surface area (TPSA) is 57.8 Å². The van der Waals surface area contributed by atoms with Crippen molar-refractivity contribution in [2.24, 2.45) is 0 Å². The van der Waals surface area contributed by atoms with Crippen LogP contribution in [0, 0.1) is 12.7 Å². The van der Waals surface area contributed by atoms with Crippen LogP contribution in [0.2, 0.25) is 0 Å². The fourth-order valence-electron chi connectivity index (χ4n) is 2.54. The van der Waals surface area contributed by atoms with Crippen LogP contribution in [-0.4, -0.2) is 16.1 Å². The van der Waals surface area contributed by atoms with Gasteiger partial charge in [-0.2, -0.15) is 5.10 Å². The van der Waals surface area contributed by atoms with E-state index in [1.165, 1.54) is 12.3 Å². The molecule has 0 bridgehead atoms. The summed E-state index contributed by atoms with van der Waals surface area (Å²) in [5.41, 5.74) is 3.18. The lowest BCUT2D eigenvalue weighted by Gasteiger charge is -2.14. The van der Waals surface area contributed by atoms with E-state index in [2.05, 4.69) is 15.5 Å². The Kier molecular flexibility index (Phi) is 4.42. The Morgan fingerprint density at radius 3 is 2.58 bits per heavy atom. The Morgan fingerprint density at radius 1 is 1.17 bits per heavy atom. The SMILES string of the molecule is Cc1ccc(C(C)NC(=O)c2cn[nH]c2-c2ccccc2F)cc1. The molecular weight excluding hydrogens is 305 g/mol. The van der Waals surface area contributed by atoms with Crippen molar-refractivity contribution in [3.63, 3.8) is 0 Å². The van der Waals surface area contributed by atoms with Gasteiger partial charge in [0.1, 0.15) is 5.82 Å². The summed E-state index contributed by atoms with van der Waals surface area (Å²) in [5.74, 6) is -0.697. The molecule has 1 heterocycles. The maximum atomic E-state index is 14.0. The van der Waals surface area contributed by atoms with Gasteiger partial charge in [0, 0.05) is 5.56 Å². The van der Waals surface area contributed by atoms with Gasteiger partial charge in [0.2, 0.25) is 0 Å². The summed E-state index contributed by atoms with van der Waals surface area (Å²) in [6, 6.07) is 14.1. The molecule has 122 valence electrons. The molecule has 5 heteroatoms. The molecule has 4 nitrogen and oxygen atoms in total. The second-order valence-electron chi connectivity index (χ2n) is 5.74. The van der Waals surface area contributed by atoms with E-state index in [4.69, 9.17) is 0 Å². The zero-order valence-corrected chi connectivity index (χ0v) is 13.5. The largest absolute Gasteiger partial charge is 0.345 e. The quantitative estimate of drug-likeness (QED) is 0.762. The Hall–Kier alpha value is -2.95. The summed E-state index contributed by atoms with van der Waals surface area (Å²) in [6.45, 7) is 3.92. The number of carbonyl (C=O) groups is 1. The third kappa shape index (κ3) is 3.20. The third-order valence-electron chi connectivity index (χ3n) is 3.95. The summed E-state index contributed by atoms with van der Waals surface area (Å²) >= 11 is 0. The smallest absolute Gasteiger partial charge is 0.255 e. The van der Waals surface area contributed by atoms with Crippen molar-refractivity contribution in [2.45, 2.75) is 19.9 Å². The molecule has 0 spiro atoms. The number of aryl methyl sites for hydroxylation is 1. The average Bonchev–Trinajstić information content (AvgIpc) is 3.05. The highest BCUT2D eigenvalue weighted by Crippen LogP contribution is 2.24. The van der Waals surface area contributed by atoms with Gasteiger partial charge in [-0.3, -0.25) is 9.89 Å². The Balaban J connectivity index is 1.83. The van der Waals surface area contributed by atoms with E-state index in [1.807, 2.05) is 38.1 Å². The molecule has 3 rings (SSSR count). The van der Waals surface area contributed by atoms with Crippen molar-refractivity contribution in [2.75, 3.05) is 0 Å². The van der Waals surface area contributed by atoms with Gasteiger partial charge in [-0.1, -0.05) is 42.0 Å². The Bertz CT molecular complexity index is 855. The molecule has 0 aliphatic heterocycles. The molecule has 0 saturated carbocycles. The van der Waals surface area contributed by atoms with Crippen molar-refractivity contribution in [3.05, 3.63) is 77.2 Å². The summed E-state index contributed by atoms with van der Waals surface area (Å²) in [6.07, 6.45) is 1.42. The normalized spacial score (nSPS) is 12.0. The Labute approximate surface area is 139 Å². The van der Waals surface area contributed by atoms with E-state index in [0.717, 1.165) is 11.1 Å². The molecule has 0 aliphatic rings. The van der Waals surface area contributed by atoms with E-state index < -0.39 is 5.82 Å². The number of halogens is 1. The van der Waals surface area contributed by atoms with Gasteiger partial charge in [-0.25, -0.2) is 4.39 Å². The van der Waals surface area contributed by atoms with Crippen LogP contribution in [0.25, 0.3) is 11.3 Å².